The quantitative estimate of drug-likeness (QED) is 0.678. The van der Waals surface area contributed by atoms with Crippen LogP contribution < -0.4 is 10.2 Å². The second kappa shape index (κ2) is 8.04. The number of nitrogens with zero attached hydrogens (tertiary/aromatic N) is 4. The van der Waals surface area contributed by atoms with Crippen LogP contribution in [0.2, 0.25) is 0 Å². The summed E-state index contributed by atoms with van der Waals surface area (Å²) in [5.74, 6) is 0.834. The molecule has 0 saturated heterocycles. The highest BCUT2D eigenvalue weighted by Gasteiger charge is 2.20. The van der Waals surface area contributed by atoms with Crippen LogP contribution in [0.15, 0.2) is 54.7 Å². The van der Waals surface area contributed by atoms with E-state index in [4.69, 9.17) is 4.74 Å². The first kappa shape index (κ1) is 17.9. The van der Waals surface area contributed by atoms with Gasteiger partial charge in [-0.3, -0.25) is 0 Å². The van der Waals surface area contributed by atoms with Crippen molar-refractivity contribution in [2.45, 2.75) is 19.8 Å². The number of fused-ring (bicyclic) bond motifs is 1. The molecule has 1 aromatic heterocycles. The molecule has 7 heteroatoms. The zero-order chi connectivity index (χ0) is 19.3. The normalized spacial score (nSPS) is 13.0. The molecule has 0 fully saturated rings. The predicted molar refractivity (Wildman–Crippen MR) is 107 cm³/mol. The Labute approximate surface area is 163 Å². The summed E-state index contributed by atoms with van der Waals surface area (Å²) in [5.41, 5.74) is 3.74. The molecule has 0 amide bonds. The van der Waals surface area contributed by atoms with Crippen molar-refractivity contribution in [1.82, 2.24) is 15.2 Å². The van der Waals surface area contributed by atoms with Crippen molar-refractivity contribution in [3.8, 4) is 0 Å². The third kappa shape index (κ3) is 3.78. The van der Waals surface area contributed by atoms with Crippen molar-refractivity contribution >= 4 is 29.1 Å². The number of carbonyl (C=O) groups is 1. The maximum atomic E-state index is 11.8. The molecule has 1 aliphatic heterocycles. The van der Waals surface area contributed by atoms with Gasteiger partial charge in [0.1, 0.15) is 0 Å². The SMILES string of the molecule is CCOC(=O)c1ccc(Nc2cnnc(N3CCCc4ccccc43)n2)cc1. The van der Waals surface area contributed by atoms with E-state index in [2.05, 4.69) is 43.6 Å². The summed E-state index contributed by atoms with van der Waals surface area (Å²) in [6, 6.07) is 15.4. The van der Waals surface area contributed by atoms with E-state index >= 15 is 0 Å². The lowest BCUT2D eigenvalue weighted by atomic mass is 10.0. The Morgan fingerprint density at radius 1 is 1.18 bits per heavy atom. The summed E-state index contributed by atoms with van der Waals surface area (Å²) < 4.78 is 5.00. The van der Waals surface area contributed by atoms with E-state index in [1.165, 1.54) is 5.56 Å². The van der Waals surface area contributed by atoms with Crippen LogP contribution >= 0.6 is 0 Å². The van der Waals surface area contributed by atoms with Crippen LogP contribution in [0.4, 0.5) is 23.1 Å². The minimum absolute atomic E-state index is 0.330. The molecule has 1 aliphatic rings. The van der Waals surface area contributed by atoms with Gasteiger partial charge in [-0.1, -0.05) is 18.2 Å². The lowest BCUT2D eigenvalue weighted by Gasteiger charge is -2.29. The molecular weight excluding hydrogens is 354 g/mol. The molecule has 2 heterocycles. The zero-order valence-electron chi connectivity index (χ0n) is 15.6. The van der Waals surface area contributed by atoms with Gasteiger partial charge in [-0.2, -0.15) is 10.1 Å². The molecule has 3 aromatic rings. The molecule has 0 radical (unpaired) electrons. The molecule has 1 N–H and O–H groups in total. The lowest BCUT2D eigenvalue weighted by molar-refractivity contribution is 0.0526. The standard InChI is InChI=1S/C21H21N5O2/c1-2-28-20(27)16-9-11-17(12-10-16)23-19-14-22-25-21(24-19)26-13-5-7-15-6-3-4-8-18(15)26/h3-4,6,8-12,14H,2,5,7,13H2,1H3,(H,23,24,25). The average molecular weight is 375 g/mol. The van der Waals surface area contributed by atoms with Crippen molar-refractivity contribution in [2.75, 3.05) is 23.4 Å². The summed E-state index contributed by atoms with van der Waals surface area (Å²) in [5, 5.41) is 11.5. The topological polar surface area (TPSA) is 80.2 Å². The van der Waals surface area contributed by atoms with Crippen molar-refractivity contribution in [3.63, 3.8) is 0 Å². The predicted octanol–water partition coefficient (Wildman–Crippen LogP) is 3.88. The molecule has 0 atom stereocenters. The van der Waals surface area contributed by atoms with Gasteiger partial charge in [0.15, 0.2) is 5.82 Å². The fourth-order valence-corrected chi connectivity index (χ4v) is 3.26. The Morgan fingerprint density at radius 2 is 2.00 bits per heavy atom. The molecular formula is C21H21N5O2. The molecule has 0 bridgehead atoms. The van der Waals surface area contributed by atoms with E-state index in [-0.39, 0.29) is 5.97 Å². The van der Waals surface area contributed by atoms with Gasteiger partial charge in [0.05, 0.1) is 18.4 Å². The van der Waals surface area contributed by atoms with Crippen LogP contribution in [0.25, 0.3) is 0 Å². The van der Waals surface area contributed by atoms with Crippen molar-refractivity contribution in [3.05, 3.63) is 65.9 Å². The Balaban J connectivity index is 1.53. The Kier molecular flexibility index (Phi) is 5.14. The smallest absolute Gasteiger partial charge is 0.338 e. The van der Waals surface area contributed by atoms with Gasteiger partial charge in [0.2, 0.25) is 0 Å². The van der Waals surface area contributed by atoms with E-state index in [1.54, 1.807) is 25.3 Å². The molecule has 28 heavy (non-hydrogen) atoms. The number of aryl methyl sites for hydroxylation is 1. The molecule has 0 saturated carbocycles. The minimum atomic E-state index is -0.330. The van der Waals surface area contributed by atoms with Gasteiger partial charge < -0.3 is 15.0 Å². The summed E-state index contributed by atoms with van der Waals surface area (Å²) in [7, 11) is 0. The highest BCUT2D eigenvalue weighted by atomic mass is 16.5. The van der Waals surface area contributed by atoms with Gasteiger partial charge in [-0.15, -0.1) is 5.10 Å². The van der Waals surface area contributed by atoms with E-state index < -0.39 is 0 Å². The zero-order valence-corrected chi connectivity index (χ0v) is 15.6. The van der Waals surface area contributed by atoms with Gasteiger partial charge >= 0.3 is 5.97 Å². The first-order chi connectivity index (χ1) is 13.7. The molecule has 0 spiro atoms. The molecule has 0 unspecified atom stereocenters. The van der Waals surface area contributed by atoms with E-state index in [0.29, 0.717) is 23.9 Å². The van der Waals surface area contributed by atoms with Gasteiger partial charge in [0.25, 0.3) is 5.95 Å². The Hall–Kier alpha value is -3.48. The monoisotopic (exact) mass is 375 g/mol. The number of benzene rings is 2. The first-order valence-electron chi connectivity index (χ1n) is 9.34. The van der Waals surface area contributed by atoms with Crippen LogP contribution in [-0.2, 0) is 11.2 Å². The third-order valence-electron chi connectivity index (χ3n) is 4.57. The van der Waals surface area contributed by atoms with Gasteiger partial charge in [-0.25, -0.2) is 4.79 Å². The molecule has 7 nitrogen and oxygen atoms in total. The number of hydrogen-bond acceptors (Lipinski definition) is 7. The molecule has 4 rings (SSSR count). The number of para-hydroxylation sites is 1. The number of esters is 1. The maximum absolute atomic E-state index is 11.8. The number of carbonyl (C=O) groups excluding carboxylic acids is 1. The van der Waals surface area contributed by atoms with E-state index in [0.717, 1.165) is 30.8 Å². The van der Waals surface area contributed by atoms with Crippen LogP contribution in [0.5, 0.6) is 0 Å². The van der Waals surface area contributed by atoms with Crippen LogP contribution in [0, 0.1) is 0 Å². The van der Waals surface area contributed by atoms with Gasteiger partial charge in [0, 0.05) is 17.9 Å². The van der Waals surface area contributed by atoms with Gasteiger partial charge in [-0.05, 0) is 55.7 Å². The lowest BCUT2D eigenvalue weighted by Crippen LogP contribution is -2.26. The average Bonchev–Trinajstić information content (AvgIpc) is 2.74. The number of aromatic nitrogens is 3. The first-order valence-corrected chi connectivity index (χ1v) is 9.34. The fourth-order valence-electron chi connectivity index (χ4n) is 3.26. The van der Waals surface area contributed by atoms with Crippen molar-refractivity contribution in [1.29, 1.82) is 0 Å². The highest BCUT2D eigenvalue weighted by molar-refractivity contribution is 5.89. The molecule has 0 aliphatic carbocycles. The number of nitrogens with one attached hydrogen (secondary N) is 1. The van der Waals surface area contributed by atoms with Crippen LogP contribution in [0.1, 0.15) is 29.3 Å². The Morgan fingerprint density at radius 3 is 2.82 bits per heavy atom. The molecule has 142 valence electrons. The third-order valence-corrected chi connectivity index (χ3v) is 4.57. The second-order valence-corrected chi connectivity index (χ2v) is 6.45. The number of rotatable bonds is 5. The summed E-state index contributed by atoms with van der Waals surface area (Å²) >= 11 is 0. The second-order valence-electron chi connectivity index (χ2n) is 6.45. The van der Waals surface area contributed by atoms with Crippen LogP contribution in [-0.4, -0.2) is 34.3 Å². The minimum Gasteiger partial charge on any atom is -0.462 e. The van der Waals surface area contributed by atoms with E-state index in [9.17, 15) is 4.79 Å². The summed E-state index contributed by atoms with van der Waals surface area (Å²) in [6.45, 7) is 3.00. The highest BCUT2D eigenvalue weighted by Crippen LogP contribution is 2.31. The molecule has 2 aromatic carbocycles. The summed E-state index contributed by atoms with van der Waals surface area (Å²) in [6.07, 6.45) is 3.69. The summed E-state index contributed by atoms with van der Waals surface area (Å²) in [4.78, 5) is 18.5. The van der Waals surface area contributed by atoms with Crippen LogP contribution in [0.3, 0.4) is 0 Å². The number of anilines is 4. The maximum Gasteiger partial charge on any atom is 0.338 e. The van der Waals surface area contributed by atoms with Crippen molar-refractivity contribution < 1.29 is 9.53 Å². The Bertz CT molecular complexity index is 975. The fraction of sp³-hybridized carbons (Fsp3) is 0.238. The number of ether oxygens (including phenoxy) is 1. The number of hydrogen-bond donors (Lipinski definition) is 1. The van der Waals surface area contributed by atoms with Crippen molar-refractivity contribution in [2.24, 2.45) is 0 Å². The largest absolute Gasteiger partial charge is 0.462 e. The van der Waals surface area contributed by atoms with E-state index in [1.807, 2.05) is 18.2 Å².